The van der Waals surface area contributed by atoms with Crippen molar-refractivity contribution < 1.29 is 4.57 Å². The zero-order valence-corrected chi connectivity index (χ0v) is 13.0. The quantitative estimate of drug-likeness (QED) is 0.591. The molecule has 116 valence electrons. The van der Waals surface area contributed by atoms with Gasteiger partial charge in [-0.05, 0) is 12.1 Å². The number of aromatic nitrogens is 3. The minimum absolute atomic E-state index is 0.168. The number of hydrogen-bond donors (Lipinski definition) is 1. The first-order valence-electron chi connectivity index (χ1n) is 7.82. The van der Waals surface area contributed by atoms with Gasteiger partial charge in [0.1, 0.15) is 0 Å². The highest BCUT2D eigenvalue weighted by molar-refractivity contribution is 5.73. The summed E-state index contributed by atoms with van der Waals surface area (Å²) in [6, 6.07) is 23.1. The van der Waals surface area contributed by atoms with Crippen molar-refractivity contribution in [2.24, 2.45) is 0 Å². The molecule has 0 fully saturated rings. The molecule has 24 heavy (non-hydrogen) atoms. The summed E-state index contributed by atoms with van der Waals surface area (Å²) < 4.78 is 2.00. The van der Waals surface area contributed by atoms with E-state index in [0.29, 0.717) is 5.69 Å². The van der Waals surface area contributed by atoms with Gasteiger partial charge in [-0.25, -0.2) is 4.98 Å². The van der Waals surface area contributed by atoms with Crippen LogP contribution in [0.3, 0.4) is 0 Å². The zero-order chi connectivity index (χ0) is 16.4. The first-order valence-corrected chi connectivity index (χ1v) is 7.82. The fraction of sp³-hybridized carbons (Fsp3) is 0.0500. The third-order valence-corrected chi connectivity index (χ3v) is 4.04. The second-order valence-electron chi connectivity index (χ2n) is 5.60. The molecule has 0 amide bonds. The summed E-state index contributed by atoms with van der Waals surface area (Å²) in [5.74, 6) is 0. The lowest BCUT2D eigenvalue weighted by molar-refractivity contribution is -0.705. The minimum atomic E-state index is -0.277. The van der Waals surface area contributed by atoms with Crippen LogP contribution >= 0.6 is 0 Å². The molecule has 1 atom stereocenters. The monoisotopic (exact) mass is 314 g/mol. The van der Waals surface area contributed by atoms with Crippen LogP contribution in [0.1, 0.15) is 17.3 Å². The number of benzene rings is 2. The minimum Gasteiger partial charge on any atom is -0.319 e. The third kappa shape index (κ3) is 2.58. The lowest BCUT2D eigenvalue weighted by Crippen LogP contribution is -2.43. The highest BCUT2D eigenvalue weighted by Gasteiger charge is 2.27. The van der Waals surface area contributed by atoms with E-state index >= 15 is 0 Å². The van der Waals surface area contributed by atoms with Crippen LogP contribution in [0.2, 0.25) is 0 Å². The van der Waals surface area contributed by atoms with Crippen molar-refractivity contribution in [3.63, 3.8) is 0 Å². The number of aromatic amines is 1. The van der Waals surface area contributed by atoms with Crippen LogP contribution in [0.15, 0.2) is 90.0 Å². The zero-order valence-electron chi connectivity index (χ0n) is 13.0. The molecular formula is C20H16N3O+. The van der Waals surface area contributed by atoms with Crippen LogP contribution < -0.4 is 10.1 Å². The molecule has 0 aliphatic heterocycles. The van der Waals surface area contributed by atoms with E-state index < -0.39 is 0 Å². The first-order chi connectivity index (χ1) is 11.8. The van der Waals surface area contributed by atoms with Crippen LogP contribution in [0, 0.1) is 0 Å². The van der Waals surface area contributed by atoms with Crippen molar-refractivity contribution in [3.8, 4) is 0 Å². The molecular weight excluding hydrogens is 298 g/mol. The van der Waals surface area contributed by atoms with Crippen molar-refractivity contribution in [1.82, 2.24) is 9.97 Å². The molecule has 0 aliphatic rings. The fourth-order valence-corrected chi connectivity index (χ4v) is 2.92. The number of nitrogens with one attached hydrogen (secondary N) is 1. The van der Waals surface area contributed by atoms with E-state index in [9.17, 15) is 4.79 Å². The Morgan fingerprint density at radius 2 is 1.50 bits per heavy atom. The Hall–Kier alpha value is -3.27. The van der Waals surface area contributed by atoms with Gasteiger partial charge >= 0.3 is 0 Å². The summed E-state index contributed by atoms with van der Waals surface area (Å²) in [6.07, 6.45) is 3.90. The molecule has 4 nitrogen and oxygen atoms in total. The Labute approximate surface area is 139 Å². The third-order valence-electron chi connectivity index (χ3n) is 4.04. The first kappa shape index (κ1) is 14.3. The number of H-pyrrole nitrogens is 1. The highest BCUT2D eigenvalue weighted by atomic mass is 16.1. The number of para-hydroxylation sites is 2. The number of fused-ring (bicyclic) bond motifs is 1. The largest absolute Gasteiger partial charge is 0.319 e. The van der Waals surface area contributed by atoms with E-state index in [2.05, 4.69) is 9.97 Å². The molecule has 0 saturated carbocycles. The molecule has 0 aliphatic carbocycles. The molecule has 4 heteroatoms. The molecule has 4 aromatic rings. The topological polar surface area (TPSA) is 49.6 Å². The number of rotatable bonds is 3. The predicted octanol–water partition coefficient (Wildman–Crippen LogP) is 2.85. The molecule has 0 unspecified atom stereocenters. The van der Waals surface area contributed by atoms with Crippen molar-refractivity contribution in [1.29, 1.82) is 0 Å². The summed E-state index contributed by atoms with van der Waals surface area (Å²) in [6.45, 7) is 0. The highest BCUT2D eigenvalue weighted by Crippen LogP contribution is 2.18. The number of hydrogen-bond acceptors (Lipinski definition) is 2. The van der Waals surface area contributed by atoms with Crippen LogP contribution in [0.5, 0.6) is 0 Å². The maximum Gasteiger partial charge on any atom is 0.277 e. The SMILES string of the molecule is O=c1[nH]c2ccccc2nc1[C@H](c1ccccc1)[n+]1ccccc1. The standard InChI is InChI=1S/C20H15N3O/c24-20-18(21-16-11-5-6-12-17(16)22-20)19(15-9-3-1-4-10-15)23-13-7-2-8-14-23/h1-14,19H/p+1/t19-/m0/s1. The Morgan fingerprint density at radius 3 is 2.29 bits per heavy atom. The molecule has 2 heterocycles. The second kappa shape index (κ2) is 6.08. The summed E-state index contributed by atoms with van der Waals surface area (Å²) >= 11 is 0. The van der Waals surface area contributed by atoms with Gasteiger partial charge in [-0.3, -0.25) is 4.79 Å². The Morgan fingerprint density at radius 1 is 0.833 bits per heavy atom. The molecule has 0 bridgehead atoms. The summed E-state index contributed by atoms with van der Waals surface area (Å²) in [4.78, 5) is 20.3. The van der Waals surface area contributed by atoms with Crippen LogP contribution in [-0.4, -0.2) is 9.97 Å². The van der Waals surface area contributed by atoms with Crippen LogP contribution in [0.25, 0.3) is 11.0 Å². The molecule has 2 aromatic heterocycles. The van der Waals surface area contributed by atoms with Crippen molar-refractivity contribution in [3.05, 3.63) is 107 Å². The van der Waals surface area contributed by atoms with Gasteiger partial charge in [0.25, 0.3) is 5.56 Å². The smallest absolute Gasteiger partial charge is 0.277 e. The maximum absolute atomic E-state index is 12.7. The van der Waals surface area contributed by atoms with Crippen LogP contribution in [-0.2, 0) is 0 Å². The van der Waals surface area contributed by atoms with E-state index in [1.165, 1.54) is 0 Å². The molecule has 4 rings (SSSR count). The molecule has 0 radical (unpaired) electrons. The Bertz CT molecular complexity index is 987. The summed E-state index contributed by atoms with van der Waals surface area (Å²) in [5, 5.41) is 0. The summed E-state index contributed by atoms with van der Waals surface area (Å²) in [7, 11) is 0. The number of pyridine rings is 1. The van der Waals surface area contributed by atoms with Gasteiger partial charge in [-0.2, -0.15) is 4.57 Å². The fourth-order valence-electron chi connectivity index (χ4n) is 2.92. The van der Waals surface area contributed by atoms with Gasteiger partial charge in [-0.15, -0.1) is 0 Å². The van der Waals surface area contributed by atoms with Gasteiger partial charge in [0.05, 0.1) is 11.0 Å². The maximum atomic E-state index is 12.7. The van der Waals surface area contributed by atoms with Gasteiger partial charge in [0.2, 0.25) is 6.04 Å². The normalized spacial score (nSPS) is 12.2. The lowest BCUT2D eigenvalue weighted by atomic mass is 10.0. The van der Waals surface area contributed by atoms with Gasteiger partial charge < -0.3 is 4.98 Å². The average Bonchev–Trinajstić information content (AvgIpc) is 2.64. The molecule has 0 saturated heterocycles. The van der Waals surface area contributed by atoms with E-state index in [1.54, 1.807) is 0 Å². The van der Waals surface area contributed by atoms with Gasteiger partial charge in [0.15, 0.2) is 18.1 Å². The molecule has 2 aromatic carbocycles. The second-order valence-corrected chi connectivity index (χ2v) is 5.60. The Balaban J connectivity index is 1.97. The summed E-state index contributed by atoms with van der Waals surface area (Å²) in [5.41, 5.74) is 2.86. The Kier molecular flexibility index (Phi) is 3.63. The van der Waals surface area contributed by atoms with Crippen molar-refractivity contribution in [2.75, 3.05) is 0 Å². The van der Waals surface area contributed by atoms with E-state index in [4.69, 9.17) is 0 Å². The number of nitrogens with zero attached hydrogens (tertiary/aromatic N) is 2. The van der Waals surface area contributed by atoms with Crippen LogP contribution in [0.4, 0.5) is 0 Å². The molecule has 1 N–H and O–H groups in total. The van der Waals surface area contributed by atoms with Crippen molar-refractivity contribution in [2.45, 2.75) is 6.04 Å². The van der Waals surface area contributed by atoms with E-state index in [0.717, 1.165) is 16.6 Å². The predicted molar refractivity (Wildman–Crippen MR) is 92.7 cm³/mol. The molecule has 0 spiro atoms. The average molecular weight is 314 g/mol. The van der Waals surface area contributed by atoms with E-state index in [1.807, 2.05) is 89.8 Å². The van der Waals surface area contributed by atoms with Crippen molar-refractivity contribution >= 4 is 11.0 Å². The van der Waals surface area contributed by atoms with Gasteiger partial charge in [-0.1, -0.05) is 48.5 Å². The lowest BCUT2D eigenvalue weighted by Gasteiger charge is -2.12. The van der Waals surface area contributed by atoms with E-state index in [-0.39, 0.29) is 11.6 Å². The van der Waals surface area contributed by atoms with Gasteiger partial charge in [0, 0.05) is 17.7 Å².